The number of carbonyl (C=O) groups is 2. The summed E-state index contributed by atoms with van der Waals surface area (Å²) in [7, 11) is 0. The SMILES string of the molecule is C=C(C)C(=O)OCCCC1CCOC1=O. The largest absolute Gasteiger partial charge is 0.465 e. The molecular formula is C11H16O4. The van der Waals surface area contributed by atoms with Gasteiger partial charge in [0.1, 0.15) is 0 Å². The third-order valence-electron chi connectivity index (χ3n) is 2.32. The van der Waals surface area contributed by atoms with Crippen LogP contribution in [0.3, 0.4) is 0 Å². The van der Waals surface area contributed by atoms with Crippen LogP contribution in [0.2, 0.25) is 0 Å². The molecule has 15 heavy (non-hydrogen) atoms. The normalized spacial score (nSPS) is 19.8. The molecule has 0 bridgehead atoms. The molecule has 0 aromatic carbocycles. The summed E-state index contributed by atoms with van der Waals surface area (Å²) in [4.78, 5) is 22.1. The van der Waals surface area contributed by atoms with Gasteiger partial charge in [-0.1, -0.05) is 6.58 Å². The second kappa shape index (κ2) is 5.53. The van der Waals surface area contributed by atoms with E-state index >= 15 is 0 Å². The van der Waals surface area contributed by atoms with Crippen molar-refractivity contribution in [3.05, 3.63) is 12.2 Å². The van der Waals surface area contributed by atoms with Crippen molar-refractivity contribution in [1.82, 2.24) is 0 Å². The minimum absolute atomic E-state index is 0.00599. The lowest BCUT2D eigenvalue weighted by Crippen LogP contribution is -2.11. The van der Waals surface area contributed by atoms with Gasteiger partial charge >= 0.3 is 11.9 Å². The van der Waals surface area contributed by atoms with Crippen molar-refractivity contribution < 1.29 is 19.1 Å². The molecule has 84 valence electrons. The molecule has 1 heterocycles. The first-order chi connectivity index (χ1) is 7.11. The van der Waals surface area contributed by atoms with Crippen LogP contribution in [0.1, 0.15) is 26.2 Å². The van der Waals surface area contributed by atoms with Gasteiger partial charge in [-0.3, -0.25) is 4.79 Å². The fraction of sp³-hybridized carbons (Fsp3) is 0.636. The Morgan fingerprint density at radius 1 is 1.67 bits per heavy atom. The van der Waals surface area contributed by atoms with Gasteiger partial charge in [-0.15, -0.1) is 0 Å². The van der Waals surface area contributed by atoms with E-state index in [2.05, 4.69) is 6.58 Å². The molecular weight excluding hydrogens is 196 g/mol. The van der Waals surface area contributed by atoms with Gasteiger partial charge < -0.3 is 9.47 Å². The molecule has 0 saturated carbocycles. The second-order valence-electron chi connectivity index (χ2n) is 3.71. The predicted molar refractivity (Wildman–Crippen MR) is 54.1 cm³/mol. The smallest absolute Gasteiger partial charge is 0.333 e. The number of hydrogen-bond donors (Lipinski definition) is 0. The molecule has 0 aliphatic carbocycles. The van der Waals surface area contributed by atoms with Crippen molar-refractivity contribution >= 4 is 11.9 Å². The first-order valence-electron chi connectivity index (χ1n) is 5.10. The molecule has 1 aliphatic heterocycles. The summed E-state index contributed by atoms with van der Waals surface area (Å²) in [6.07, 6.45) is 2.20. The molecule has 4 nitrogen and oxygen atoms in total. The Bertz CT molecular complexity index is 270. The van der Waals surface area contributed by atoms with E-state index in [9.17, 15) is 9.59 Å². The molecule has 0 amide bonds. The molecule has 1 saturated heterocycles. The van der Waals surface area contributed by atoms with Gasteiger partial charge in [-0.2, -0.15) is 0 Å². The standard InChI is InChI=1S/C11H16O4/c1-8(2)10(12)14-6-3-4-9-5-7-15-11(9)13/h9H,1,3-7H2,2H3. The van der Waals surface area contributed by atoms with Crippen molar-refractivity contribution in [2.75, 3.05) is 13.2 Å². The fourth-order valence-electron chi connectivity index (χ4n) is 1.42. The Morgan fingerprint density at radius 3 is 2.93 bits per heavy atom. The molecule has 1 aliphatic rings. The van der Waals surface area contributed by atoms with Crippen LogP contribution in [0.5, 0.6) is 0 Å². The maximum absolute atomic E-state index is 11.1. The van der Waals surface area contributed by atoms with Gasteiger partial charge in [0.05, 0.1) is 19.1 Å². The molecule has 0 aromatic rings. The summed E-state index contributed by atoms with van der Waals surface area (Å²) in [5, 5.41) is 0. The lowest BCUT2D eigenvalue weighted by molar-refractivity contribution is -0.141. The number of carbonyl (C=O) groups excluding carboxylic acids is 2. The van der Waals surface area contributed by atoms with Crippen LogP contribution in [0.15, 0.2) is 12.2 Å². The topological polar surface area (TPSA) is 52.6 Å². The Morgan fingerprint density at radius 2 is 2.40 bits per heavy atom. The molecule has 4 heteroatoms. The van der Waals surface area contributed by atoms with Crippen LogP contribution in [0.4, 0.5) is 0 Å². The number of rotatable bonds is 5. The van der Waals surface area contributed by atoms with Gasteiger partial charge in [0.2, 0.25) is 0 Å². The number of esters is 2. The number of hydrogen-bond acceptors (Lipinski definition) is 4. The Kier molecular flexibility index (Phi) is 4.34. The molecule has 0 aromatic heterocycles. The summed E-state index contributed by atoms with van der Waals surface area (Å²) in [5.74, 6) is -0.501. The van der Waals surface area contributed by atoms with E-state index in [-0.39, 0.29) is 17.9 Å². The molecule has 1 atom stereocenters. The Labute approximate surface area is 89.2 Å². The highest BCUT2D eigenvalue weighted by Gasteiger charge is 2.25. The van der Waals surface area contributed by atoms with Gasteiger partial charge in [0.15, 0.2) is 0 Å². The minimum atomic E-state index is -0.371. The van der Waals surface area contributed by atoms with Crippen molar-refractivity contribution in [3.63, 3.8) is 0 Å². The second-order valence-corrected chi connectivity index (χ2v) is 3.71. The van der Waals surface area contributed by atoms with E-state index in [4.69, 9.17) is 9.47 Å². The summed E-state index contributed by atoms with van der Waals surface area (Å²) in [5.41, 5.74) is 0.398. The molecule has 1 unspecified atom stereocenters. The van der Waals surface area contributed by atoms with Crippen LogP contribution >= 0.6 is 0 Å². The average Bonchev–Trinajstić information content (AvgIpc) is 2.58. The lowest BCUT2D eigenvalue weighted by atomic mass is 10.0. The highest BCUT2D eigenvalue weighted by molar-refractivity contribution is 5.86. The van der Waals surface area contributed by atoms with Crippen molar-refractivity contribution in [1.29, 1.82) is 0 Å². The van der Waals surface area contributed by atoms with Gasteiger partial charge in [0.25, 0.3) is 0 Å². The number of cyclic esters (lactones) is 1. The summed E-state index contributed by atoms with van der Waals surface area (Å²) in [6.45, 7) is 5.95. The predicted octanol–water partition coefficient (Wildman–Crippen LogP) is 1.45. The molecule has 0 radical (unpaired) electrons. The van der Waals surface area contributed by atoms with E-state index in [1.807, 2.05) is 0 Å². The summed E-state index contributed by atoms with van der Waals surface area (Å²) < 4.78 is 9.73. The fourth-order valence-corrected chi connectivity index (χ4v) is 1.42. The van der Waals surface area contributed by atoms with Crippen LogP contribution in [0.25, 0.3) is 0 Å². The van der Waals surface area contributed by atoms with E-state index in [0.29, 0.717) is 25.2 Å². The van der Waals surface area contributed by atoms with Gasteiger partial charge in [-0.25, -0.2) is 4.79 Å². The molecule has 0 spiro atoms. The van der Waals surface area contributed by atoms with E-state index in [1.54, 1.807) is 6.92 Å². The van der Waals surface area contributed by atoms with Crippen LogP contribution in [0, 0.1) is 5.92 Å². The Balaban J connectivity index is 2.09. The average molecular weight is 212 g/mol. The lowest BCUT2D eigenvalue weighted by Gasteiger charge is -2.06. The zero-order valence-corrected chi connectivity index (χ0v) is 8.95. The van der Waals surface area contributed by atoms with E-state index < -0.39 is 0 Å². The third kappa shape index (κ3) is 3.73. The molecule has 1 rings (SSSR count). The van der Waals surface area contributed by atoms with Crippen LogP contribution < -0.4 is 0 Å². The van der Waals surface area contributed by atoms with Gasteiger partial charge in [-0.05, 0) is 26.2 Å². The zero-order valence-electron chi connectivity index (χ0n) is 8.95. The minimum Gasteiger partial charge on any atom is -0.465 e. The zero-order chi connectivity index (χ0) is 11.3. The van der Waals surface area contributed by atoms with Gasteiger partial charge in [0, 0.05) is 5.57 Å². The first kappa shape index (κ1) is 11.8. The number of ether oxygens (including phenoxy) is 2. The van der Waals surface area contributed by atoms with Crippen molar-refractivity contribution in [2.45, 2.75) is 26.2 Å². The van der Waals surface area contributed by atoms with Crippen molar-refractivity contribution in [2.24, 2.45) is 5.92 Å². The van der Waals surface area contributed by atoms with Crippen LogP contribution in [-0.2, 0) is 19.1 Å². The summed E-state index contributed by atoms with van der Waals surface area (Å²) in [6, 6.07) is 0. The molecule has 0 N–H and O–H groups in total. The molecule has 1 fully saturated rings. The highest BCUT2D eigenvalue weighted by Crippen LogP contribution is 2.19. The third-order valence-corrected chi connectivity index (χ3v) is 2.32. The summed E-state index contributed by atoms with van der Waals surface area (Å²) >= 11 is 0. The van der Waals surface area contributed by atoms with E-state index in [1.165, 1.54) is 0 Å². The monoisotopic (exact) mass is 212 g/mol. The van der Waals surface area contributed by atoms with E-state index in [0.717, 1.165) is 12.8 Å². The maximum atomic E-state index is 11.1. The highest BCUT2D eigenvalue weighted by atomic mass is 16.5. The van der Waals surface area contributed by atoms with Crippen LogP contribution in [-0.4, -0.2) is 25.2 Å². The quantitative estimate of drug-likeness (QED) is 0.393. The first-order valence-corrected chi connectivity index (χ1v) is 5.10. The Hall–Kier alpha value is -1.32. The maximum Gasteiger partial charge on any atom is 0.333 e. The van der Waals surface area contributed by atoms with Crippen molar-refractivity contribution in [3.8, 4) is 0 Å².